The molecule has 2 N–H and O–H groups in total. The van der Waals surface area contributed by atoms with Crippen LogP contribution in [-0.4, -0.2) is 48.8 Å². The highest BCUT2D eigenvalue weighted by Crippen LogP contribution is 2.29. The van der Waals surface area contributed by atoms with Crippen molar-refractivity contribution in [1.29, 1.82) is 0 Å². The Morgan fingerprint density at radius 3 is 3.00 bits per heavy atom. The lowest BCUT2D eigenvalue weighted by Gasteiger charge is -2.26. The van der Waals surface area contributed by atoms with Crippen LogP contribution >= 0.6 is 24.2 Å². The molecule has 1 heterocycles. The first kappa shape index (κ1) is 16.1. The molecular weight excluding hydrogens is 272 g/mol. The maximum absolute atomic E-state index is 12.0. The van der Waals surface area contributed by atoms with Gasteiger partial charge in [-0.25, -0.2) is 0 Å². The van der Waals surface area contributed by atoms with Gasteiger partial charge in [0.05, 0.1) is 13.2 Å². The number of ether oxygens (including phenoxy) is 1. The summed E-state index contributed by atoms with van der Waals surface area (Å²) in [6.45, 7) is 4.17. The molecule has 2 aliphatic rings. The van der Waals surface area contributed by atoms with E-state index >= 15 is 0 Å². The van der Waals surface area contributed by atoms with Crippen molar-refractivity contribution in [3.63, 3.8) is 0 Å². The van der Waals surface area contributed by atoms with Crippen LogP contribution in [0.2, 0.25) is 0 Å². The van der Waals surface area contributed by atoms with E-state index in [9.17, 15) is 4.79 Å². The highest BCUT2D eigenvalue weighted by Gasteiger charge is 2.31. The lowest BCUT2D eigenvalue weighted by atomic mass is 10.2. The number of carbonyl (C=O) groups excluding carboxylic acids is 1. The molecule has 0 radical (unpaired) electrons. The number of nitrogens with one attached hydrogen (secondary N) is 2. The minimum atomic E-state index is -0.156. The largest absolute Gasteiger partial charge is 0.378 e. The van der Waals surface area contributed by atoms with Crippen LogP contribution in [0.25, 0.3) is 0 Å². The van der Waals surface area contributed by atoms with Gasteiger partial charge in [-0.05, 0) is 18.6 Å². The third kappa shape index (κ3) is 4.30. The number of thioether (sulfide) groups is 1. The zero-order valence-corrected chi connectivity index (χ0v) is 12.4. The molecule has 1 aliphatic heterocycles. The number of rotatable bonds is 4. The Balaban J connectivity index is 0.00000162. The Morgan fingerprint density at radius 2 is 2.33 bits per heavy atom. The molecule has 4 nitrogen and oxygen atoms in total. The van der Waals surface area contributed by atoms with E-state index in [0.29, 0.717) is 24.5 Å². The zero-order valence-electron chi connectivity index (χ0n) is 10.8. The van der Waals surface area contributed by atoms with Gasteiger partial charge in [-0.15, -0.1) is 12.4 Å². The molecule has 6 heteroatoms. The summed E-state index contributed by atoms with van der Waals surface area (Å²) < 4.78 is 5.31. The number of morpholine rings is 1. The minimum Gasteiger partial charge on any atom is -0.378 e. The van der Waals surface area contributed by atoms with Crippen molar-refractivity contribution in [1.82, 2.24) is 10.6 Å². The smallest absolute Gasteiger partial charge is 0.239 e. The van der Waals surface area contributed by atoms with E-state index < -0.39 is 0 Å². The normalized spacial score (nSPS) is 31.7. The summed E-state index contributed by atoms with van der Waals surface area (Å²) in [6.07, 6.45) is 3.59. The summed E-state index contributed by atoms with van der Waals surface area (Å²) in [5, 5.41) is 6.98. The molecule has 18 heavy (non-hydrogen) atoms. The van der Waals surface area contributed by atoms with Crippen LogP contribution in [0.3, 0.4) is 0 Å². The van der Waals surface area contributed by atoms with Crippen LogP contribution in [0, 0.1) is 0 Å². The molecule has 1 saturated carbocycles. The van der Waals surface area contributed by atoms with E-state index in [2.05, 4.69) is 17.6 Å². The fraction of sp³-hybridized carbons (Fsp3) is 0.917. The monoisotopic (exact) mass is 294 g/mol. The van der Waals surface area contributed by atoms with Gasteiger partial charge in [-0.2, -0.15) is 11.8 Å². The molecule has 2 rings (SSSR count). The third-order valence-corrected chi connectivity index (χ3v) is 4.72. The van der Waals surface area contributed by atoms with Crippen LogP contribution in [0.1, 0.15) is 26.2 Å². The fourth-order valence-corrected chi connectivity index (χ4v) is 3.72. The molecule has 0 aromatic rings. The molecule has 1 saturated heterocycles. The standard InChI is InChI=1S/C12H22N2O2S.ClH/c1-2-17-11-5-3-4-9(11)14-12(15)10-8-16-7-6-13-10;/h9-11,13H,2-8H2,1H3,(H,14,15);1H. The van der Waals surface area contributed by atoms with Crippen molar-refractivity contribution in [2.75, 3.05) is 25.5 Å². The second kappa shape index (κ2) is 8.25. The SMILES string of the molecule is CCSC1CCCC1NC(=O)C1COCCN1.Cl. The van der Waals surface area contributed by atoms with Gasteiger partial charge >= 0.3 is 0 Å². The molecule has 3 unspecified atom stereocenters. The first-order valence-electron chi connectivity index (χ1n) is 6.54. The van der Waals surface area contributed by atoms with Crippen molar-refractivity contribution >= 4 is 30.1 Å². The molecule has 0 aromatic heterocycles. The van der Waals surface area contributed by atoms with Crippen LogP contribution in [0.15, 0.2) is 0 Å². The van der Waals surface area contributed by atoms with Crippen LogP contribution in [-0.2, 0) is 9.53 Å². The van der Waals surface area contributed by atoms with Gasteiger partial charge in [0.1, 0.15) is 6.04 Å². The van der Waals surface area contributed by atoms with E-state index in [-0.39, 0.29) is 24.4 Å². The van der Waals surface area contributed by atoms with Gasteiger partial charge < -0.3 is 15.4 Å². The molecule has 1 aliphatic carbocycles. The number of amides is 1. The van der Waals surface area contributed by atoms with Crippen molar-refractivity contribution in [3.8, 4) is 0 Å². The molecule has 3 atom stereocenters. The summed E-state index contributed by atoms with van der Waals surface area (Å²) in [6, 6.07) is 0.202. The topological polar surface area (TPSA) is 50.4 Å². The minimum absolute atomic E-state index is 0. The van der Waals surface area contributed by atoms with E-state index in [1.807, 2.05) is 11.8 Å². The fourth-order valence-electron chi connectivity index (χ4n) is 2.52. The summed E-state index contributed by atoms with van der Waals surface area (Å²) >= 11 is 1.97. The predicted octanol–water partition coefficient (Wildman–Crippen LogP) is 1.19. The van der Waals surface area contributed by atoms with Crippen molar-refractivity contribution in [2.24, 2.45) is 0 Å². The Bertz CT molecular complexity index is 262. The maximum atomic E-state index is 12.0. The van der Waals surface area contributed by atoms with Crippen LogP contribution in [0.5, 0.6) is 0 Å². The summed E-state index contributed by atoms with van der Waals surface area (Å²) in [5.74, 6) is 1.24. The zero-order chi connectivity index (χ0) is 12.1. The van der Waals surface area contributed by atoms with E-state index in [1.165, 1.54) is 12.8 Å². The van der Waals surface area contributed by atoms with E-state index in [4.69, 9.17) is 4.74 Å². The molecular formula is C12H23ClN2O2S. The number of halogens is 1. The summed E-state index contributed by atoms with van der Waals surface area (Å²) in [7, 11) is 0. The van der Waals surface area contributed by atoms with Crippen molar-refractivity contribution < 1.29 is 9.53 Å². The average molecular weight is 295 g/mol. The molecule has 0 aromatic carbocycles. The second-order valence-electron chi connectivity index (χ2n) is 4.62. The van der Waals surface area contributed by atoms with Gasteiger partial charge in [-0.1, -0.05) is 13.3 Å². The van der Waals surface area contributed by atoms with Gasteiger partial charge in [0, 0.05) is 17.8 Å². The summed E-state index contributed by atoms with van der Waals surface area (Å²) in [4.78, 5) is 12.0. The highest BCUT2D eigenvalue weighted by atomic mass is 35.5. The van der Waals surface area contributed by atoms with E-state index in [1.54, 1.807) is 0 Å². The van der Waals surface area contributed by atoms with Crippen molar-refractivity contribution in [3.05, 3.63) is 0 Å². The second-order valence-corrected chi connectivity index (χ2v) is 6.14. The lowest BCUT2D eigenvalue weighted by molar-refractivity contribution is -0.126. The highest BCUT2D eigenvalue weighted by molar-refractivity contribution is 7.99. The van der Waals surface area contributed by atoms with Gasteiger partial charge in [-0.3, -0.25) is 4.79 Å². The maximum Gasteiger partial charge on any atom is 0.239 e. The van der Waals surface area contributed by atoms with Crippen LogP contribution in [0.4, 0.5) is 0 Å². The Kier molecular flexibility index (Phi) is 7.37. The van der Waals surface area contributed by atoms with Crippen LogP contribution < -0.4 is 10.6 Å². The van der Waals surface area contributed by atoms with E-state index in [0.717, 1.165) is 18.7 Å². The molecule has 0 spiro atoms. The van der Waals surface area contributed by atoms with Gasteiger partial charge in [0.25, 0.3) is 0 Å². The number of carbonyl (C=O) groups is 1. The number of hydrogen-bond donors (Lipinski definition) is 2. The molecule has 1 amide bonds. The number of hydrogen-bond acceptors (Lipinski definition) is 4. The van der Waals surface area contributed by atoms with Gasteiger partial charge in [0.2, 0.25) is 5.91 Å². The van der Waals surface area contributed by atoms with Gasteiger partial charge in [0.15, 0.2) is 0 Å². The van der Waals surface area contributed by atoms with Crippen molar-refractivity contribution in [2.45, 2.75) is 43.5 Å². The predicted molar refractivity (Wildman–Crippen MR) is 77.6 cm³/mol. The average Bonchev–Trinajstić information content (AvgIpc) is 2.78. The first-order valence-corrected chi connectivity index (χ1v) is 7.59. The Hall–Kier alpha value is 0.0300. The molecule has 2 fully saturated rings. The Labute approximate surface area is 119 Å². The Morgan fingerprint density at radius 1 is 1.50 bits per heavy atom. The lowest BCUT2D eigenvalue weighted by Crippen LogP contribution is -2.54. The quantitative estimate of drug-likeness (QED) is 0.818. The molecule has 0 bridgehead atoms. The molecule has 106 valence electrons. The first-order chi connectivity index (χ1) is 8.31. The third-order valence-electron chi connectivity index (χ3n) is 3.40. The summed E-state index contributed by atoms with van der Waals surface area (Å²) in [5.41, 5.74) is 0.